The number of rotatable bonds is 3. The Morgan fingerprint density at radius 1 is 1.10 bits per heavy atom. The summed E-state index contributed by atoms with van der Waals surface area (Å²) in [5, 5.41) is 4.22. The zero-order valence-electron chi connectivity index (χ0n) is 16.4. The Morgan fingerprint density at radius 3 is 2.60 bits per heavy atom. The van der Waals surface area contributed by atoms with Gasteiger partial charge in [0.2, 0.25) is 5.78 Å². The number of carbonyl (C=O) groups excluding carboxylic acids is 2. The van der Waals surface area contributed by atoms with Gasteiger partial charge in [-0.05, 0) is 42.0 Å². The summed E-state index contributed by atoms with van der Waals surface area (Å²) in [6.45, 7) is 0. The van der Waals surface area contributed by atoms with Crippen LogP contribution in [-0.4, -0.2) is 28.6 Å². The van der Waals surface area contributed by atoms with E-state index in [2.05, 4.69) is 5.10 Å². The van der Waals surface area contributed by atoms with Gasteiger partial charge >= 0.3 is 5.97 Å². The third-order valence-corrected chi connectivity index (χ3v) is 5.41. The quantitative estimate of drug-likeness (QED) is 0.379. The molecular formula is C23H18N2O5. The SMILES string of the molecule is COc1ccc(/C=C2\Oc3c(ccc4c3[C@@H](c3ccnn3C)CC(=O)O4)C2=O)cc1. The monoisotopic (exact) mass is 402 g/mol. The lowest BCUT2D eigenvalue weighted by Gasteiger charge is -2.26. The van der Waals surface area contributed by atoms with Crippen molar-refractivity contribution in [1.29, 1.82) is 0 Å². The van der Waals surface area contributed by atoms with Gasteiger partial charge in [0.15, 0.2) is 5.76 Å². The van der Waals surface area contributed by atoms with Crippen molar-refractivity contribution in [2.24, 2.45) is 7.05 Å². The molecule has 1 aromatic heterocycles. The molecule has 0 saturated heterocycles. The summed E-state index contributed by atoms with van der Waals surface area (Å²) >= 11 is 0. The number of Topliss-reactive ketones (excluding diaryl/α,β-unsaturated/α-hetero) is 1. The minimum absolute atomic E-state index is 0.151. The molecule has 1 atom stereocenters. The largest absolute Gasteiger partial charge is 0.497 e. The lowest BCUT2D eigenvalue weighted by Crippen LogP contribution is -2.23. The van der Waals surface area contributed by atoms with Crippen molar-refractivity contribution in [3.05, 3.63) is 76.8 Å². The summed E-state index contributed by atoms with van der Waals surface area (Å²) in [5.74, 6) is 0.969. The molecule has 2 aliphatic heterocycles. The number of fused-ring (bicyclic) bond motifs is 3. The molecule has 0 bridgehead atoms. The molecule has 5 rings (SSSR count). The number of ether oxygens (including phenoxy) is 3. The summed E-state index contributed by atoms with van der Waals surface area (Å²) in [7, 11) is 3.42. The van der Waals surface area contributed by atoms with Gasteiger partial charge in [-0.25, -0.2) is 0 Å². The molecular weight excluding hydrogens is 384 g/mol. The van der Waals surface area contributed by atoms with Crippen LogP contribution in [0.25, 0.3) is 6.08 Å². The van der Waals surface area contributed by atoms with Crippen molar-refractivity contribution < 1.29 is 23.8 Å². The van der Waals surface area contributed by atoms with Gasteiger partial charge < -0.3 is 14.2 Å². The van der Waals surface area contributed by atoms with E-state index in [-0.39, 0.29) is 29.9 Å². The van der Waals surface area contributed by atoms with Gasteiger partial charge in [0.1, 0.15) is 17.2 Å². The number of esters is 1. The lowest BCUT2D eigenvalue weighted by atomic mass is 9.87. The molecule has 0 aliphatic carbocycles. The summed E-state index contributed by atoms with van der Waals surface area (Å²) in [6, 6.07) is 12.5. The Balaban J connectivity index is 1.59. The van der Waals surface area contributed by atoms with E-state index in [9.17, 15) is 9.59 Å². The topological polar surface area (TPSA) is 79.7 Å². The lowest BCUT2D eigenvalue weighted by molar-refractivity contribution is -0.135. The number of hydrogen-bond acceptors (Lipinski definition) is 6. The Hall–Kier alpha value is -3.87. The van der Waals surface area contributed by atoms with Crippen LogP contribution in [0.3, 0.4) is 0 Å². The molecule has 30 heavy (non-hydrogen) atoms. The second-order valence-electron chi connectivity index (χ2n) is 7.18. The first kappa shape index (κ1) is 18.2. The second-order valence-corrected chi connectivity index (χ2v) is 7.18. The standard InChI is InChI=1S/C23H18N2O5/c1-25-17(9-10-24-25)16-12-20(26)29-18-8-7-15-22(27)19(30-23(15)21(16)18)11-13-3-5-14(28-2)6-4-13/h3-11,16H,12H2,1-2H3/b19-11-/t16-/m1/s1. The van der Waals surface area contributed by atoms with Gasteiger partial charge in [-0.3, -0.25) is 14.3 Å². The molecule has 150 valence electrons. The van der Waals surface area contributed by atoms with E-state index in [1.807, 2.05) is 37.4 Å². The average molecular weight is 402 g/mol. The highest BCUT2D eigenvalue weighted by Gasteiger charge is 2.39. The fourth-order valence-electron chi connectivity index (χ4n) is 3.94. The molecule has 0 radical (unpaired) electrons. The third-order valence-electron chi connectivity index (χ3n) is 5.41. The molecule has 0 N–H and O–H groups in total. The summed E-state index contributed by atoms with van der Waals surface area (Å²) in [4.78, 5) is 25.2. The number of ketones is 1. The first-order valence-electron chi connectivity index (χ1n) is 9.49. The molecule has 0 amide bonds. The number of aryl methyl sites for hydroxylation is 1. The maximum atomic E-state index is 13.0. The highest BCUT2D eigenvalue weighted by molar-refractivity contribution is 6.15. The van der Waals surface area contributed by atoms with Gasteiger partial charge in [0.25, 0.3) is 0 Å². The number of methoxy groups -OCH3 is 1. The van der Waals surface area contributed by atoms with Crippen LogP contribution < -0.4 is 14.2 Å². The number of carbonyl (C=O) groups is 2. The number of benzene rings is 2. The highest BCUT2D eigenvalue weighted by Crippen LogP contribution is 2.48. The predicted octanol–water partition coefficient (Wildman–Crippen LogP) is 3.49. The van der Waals surface area contributed by atoms with Crippen molar-refractivity contribution >= 4 is 17.8 Å². The molecule has 0 unspecified atom stereocenters. The van der Waals surface area contributed by atoms with Crippen LogP contribution in [0.1, 0.15) is 39.5 Å². The first-order valence-corrected chi connectivity index (χ1v) is 9.49. The molecule has 2 aliphatic rings. The van der Waals surface area contributed by atoms with Crippen molar-refractivity contribution in [2.45, 2.75) is 12.3 Å². The van der Waals surface area contributed by atoms with Crippen LogP contribution in [0.5, 0.6) is 17.2 Å². The van der Waals surface area contributed by atoms with Gasteiger partial charge in [-0.1, -0.05) is 12.1 Å². The van der Waals surface area contributed by atoms with E-state index < -0.39 is 0 Å². The fourth-order valence-corrected chi connectivity index (χ4v) is 3.94. The Labute approximate surface area is 172 Å². The molecule has 7 nitrogen and oxygen atoms in total. The first-order chi connectivity index (χ1) is 14.5. The normalized spacial score (nSPS) is 18.6. The fraction of sp³-hybridized carbons (Fsp3) is 0.174. The smallest absolute Gasteiger partial charge is 0.312 e. The van der Waals surface area contributed by atoms with Gasteiger partial charge in [0, 0.05) is 30.4 Å². The summed E-state index contributed by atoms with van der Waals surface area (Å²) in [6.07, 6.45) is 3.53. The van der Waals surface area contributed by atoms with Crippen LogP contribution in [0, 0.1) is 0 Å². The predicted molar refractivity (Wildman–Crippen MR) is 108 cm³/mol. The van der Waals surface area contributed by atoms with E-state index in [1.54, 1.807) is 36.2 Å². The second kappa shape index (κ2) is 6.88. The third kappa shape index (κ3) is 2.86. The molecule has 0 spiro atoms. The van der Waals surface area contributed by atoms with E-state index >= 15 is 0 Å². The van der Waals surface area contributed by atoms with Crippen LogP contribution in [0.15, 0.2) is 54.4 Å². The van der Waals surface area contributed by atoms with E-state index in [0.29, 0.717) is 22.6 Å². The van der Waals surface area contributed by atoms with Crippen LogP contribution in [-0.2, 0) is 11.8 Å². The van der Waals surface area contributed by atoms with E-state index in [0.717, 1.165) is 17.0 Å². The summed E-state index contributed by atoms with van der Waals surface area (Å²) < 4.78 is 18.4. The zero-order valence-corrected chi connectivity index (χ0v) is 16.4. The number of aromatic nitrogens is 2. The van der Waals surface area contributed by atoms with Crippen molar-refractivity contribution in [1.82, 2.24) is 9.78 Å². The minimum Gasteiger partial charge on any atom is -0.497 e. The van der Waals surface area contributed by atoms with E-state index in [1.165, 1.54) is 0 Å². The molecule has 0 fully saturated rings. The van der Waals surface area contributed by atoms with Crippen molar-refractivity contribution in [3.8, 4) is 17.2 Å². The summed E-state index contributed by atoms with van der Waals surface area (Å²) in [5.41, 5.74) is 2.82. The minimum atomic E-state index is -0.327. The Morgan fingerprint density at radius 2 is 1.90 bits per heavy atom. The molecule has 0 saturated carbocycles. The van der Waals surface area contributed by atoms with Crippen LogP contribution >= 0.6 is 0 Å². The maximum Gasteiger partial charge on any atom is 0.312 e. The highest BCUT2D eigenvalue weighted by atomic mass is 16.5. The number of nitrogens with zero attached hydrogens (tertiary/aromatic N) is 2. The van der Waals surface area contributed by atoms with Crippen LogP contribution in [0.2, 0.25) is 0 Å². The number of hydrogen-bond donors (Lipinski definition) is 0. The Bertz CT molecular complexity index is 1210. The van der Waals surface area contributed by atoms with Gasteiger partial charge in [-0.15, -0.1) is 0 Å². The van der Waals surface area contributed by atoms with Gasteiger partial charge in [0.05, 0.1) is 19.1 Å². The maximum absolute atomic E-state index is 13.0. The van der Waals surface area contributed by atoms with E-state index in [4.69, 9.17) is 14.2 Å². The van der Waals surface area contributed by atoms with Gasteiger partial charge in [-0.2, -0.15) is 5.10 Å². The molecule has 3 heterocycles. The van der Waals surface area contributed by atoms with Crippen molar-refractivity contribution in [2.75, 3.05) is 7.11 Å². The van der Waals surface area contributed by atoms with Crippen LogP contribution in [0.4, 0.5) is 0 Å². The van der Waals surface area contributed by atoms with Crippen molar-refractivity contribution in [3.63, 3.8) is 0 Å². The number of allylic oxidation sites excluding steroid dienone is 1. The average Bonchev–Trinajstić information content (AvgIpc) is 3.31. The molecule has 3 aromatic rings. The Kier molecular flexibility index (Phi) is 4.17. The zero-order chi connectivity index (χ0) is 20.8. The molecule has 7 heteroatoms. The molecule has 2 aromatic carbocycles.